The molecule has 156 valence electrons. The van der Waals surface area contributed by atoms with Gasteiger partial charge in [0.05, 0.1) is 11.4 Å². The molecular formula is C21H22N4O3S2. The van der Waals surface area contributed by atoms with E-state index in [-0.39, 0.29) is 16.7 Å². The molecule has 0 radical (unpaired) electrons. The van der Waals surface area contributed by atoms with Gasteiger partial charge in [-0.15, -0.1) is 0 Å². The predicted molar refractivity (Wildman–Crippen MR) is 115 cm³/mol. The van der Waals surface area contributed by atoms with Gasteiger partial charge in [-0.1, -0.05) is 60.7 Å². The van der Waals surface area contributed by atoms with Crippen LogP contribution >= 0.6 is 11.3 Å². The molecule has 4 rings (SSSR count). The maximum Gasteiger partial charge on any atom is 0.251 e. The van der Waals surface area contributed by atoms with Gasteiger partial charge in [0.25, 0.3) is 5.91 Å². The molecule has 9 heteroatoms. The summed E-state index contributed by atoms with van der Waals surface area (Å²) in [4.78, 5) is 17.1. The molecule has 1 fully saturated rings. The molecule has 0 unspecified atom stereocenters. The maximum absolute atomic E-state index is 12.1. The molecule has 1 heterocycles. The molecule has 3 aromatic rings. The van der Waals surface area contributed by atoms with Crippen LogP contribution < -0.4 is 9.94 Å². The molecular weight excluding hydrogens is 420 g/mol. The molecule has 0 aliphatic heterocycles. The largest absolute Gasteiger partial charge is 0.272 e. The van der Waals surface area contributed by atoms with Crippen molar-refractivity contribution in [3.8, 4) is 11.1 Å². The van der Waals surface area contributed by atoms with Gasteiger partial charge in [0.2, 0.25) is 14.8 Å². The summed E-state index contributed by atoms with van der Waals surface area (Å²) >= 11 is 1.44. The summed E-state index contributed by atoms with van der Waals surface area (Å²) in [5, 5.41) is 10.9. The lowest BCUT2D eigenvalue weighted by molar-refractivity contribution is -0.119. The van der Waals surface area contributed by atoms with Crippen molar-refractivity contribution in [2.75, 3.05) is 0 Å². The van der Waals surface area contributed by atoms with Crippen LogP contribution in [0, 0.1) is 5.92 Å². The minimum absolute atomic E-state index is 0.0648. The van der Waals surface area contributed by atoms with E-state index in [0.717, 1.165) is 35.4 Å². The second-order valence-corrected chi connectivity index (χ2v) is 9.82. The summed E-state index contributed by atoms with van der Waals surface area (Å²) in [6, 6.07) is 14.2. The van der Waals surface area contributed by atoms with Gasteiger partial charge in [-0.3, -0.25) is 4.79 Å². The van der Waals surface area contributed by atoms with E-state index in [2.05, 4.69) is 10.1 Å². The Morgan fingerprint density at radius 3 is 2.53 bits per heavy atom. The average Bonchev–Trinajstić information content (AvgIpc) is 3.51. The third-order valence-corrected chi connectivity index (χ3v) is 6.95. The lowest BCUT2D eigenvalue weighted by Gasteiger charge is -2.09. The number of carbonyl (C=O) groups excluding carboxylic acids is 1. The fourth-order valence-corrected chi connectivity index (χ4v) is 4.72. The molecule has 30 heavy (non-hydrogen) atoms. The van der Waals surface area contributed by atoms with E-state index in [9.17, 15) is 13.2 Å². The number of benzene rings is 2. The van der Waals surface area contributed by atoms with Gasteiger partial charge >= 0.3 is 0 Å². The van der Waals surface area contributed by atoms with E-state index in [1.165, 1.54) is 17.4 Å². The van der Waals surface area contributed by atoms with Gasteiger partial charge in [-0.05, 0) is 36.5 Å². The average molecular weight is 443 g/mol. The SMILES string of the molecule is CCc1nn(Cc2ccc(-c3ccccc3S(N)(=O)=O)cc2)c(=NC(=O)C2CC2)s1. The van der Waals surface area contributed by atoms with Crippen molar-refractivity contribution >= 4 is 27.3 Å². The first-order chi connectivity index (χ1) is 14.3. The number of aryl methyl sites for hydroxylation is 1. The number of aromatic nitrogens is 2. The molecule has 1 aromatic heterocycles. The molecule has 2 aromatic carbocycles. The zero-order chi connectivity index (χ0) is 21.3. The molecule has 0 atom stereocenters. The number of hydrogen-bond acceptors (Lipinski definition) is 5. The van der Waals surface area contributed by atoms with Crippen LogP contribution in [0.5, 0.6) is 0 Å². The van der Waals surface area contributed by atoms with Crippen LogP contribution in [0.4, 0.5) is 0 Å². The number of nitrogens with two attached hydrogens (primary N) is 1. The third kappa shape index (κ3) is 4.58. The molecule has 0 bridgehead atoms. The molecule has 1 amide bonds. The van der Waals surface area contributed by atoms with Crippen molar-refractivity contribution < 1.29 is 13.2 Å². The van der Waals surface area contributed by atoms with Crippen LogP contribution in [-0.2, 0) is 27.8 Å². The highest BCUT2D eigenvalue weighted by Crippen LogP contribution is 2.30. The number of sulfonamides is 1. The van der Waals surface area contributed by atoms with Crippen LogP contribution in [-0.4, -0.2) is 24.1 Å². The molecule has 7 nitrogen and oxygen atoms in total. The highest BCUT2D eigenvalue weighted by Gasteiger charge is 2.29. The Balaban J connectivity index is 1.63. The molecule has 1 aliphatic carbocycles. The Hall–Kier alpha value is -2.62. The first kappa shape index (κ1) is 20.6. The van der Waals surface area contributed by atoms with Crippen LogP contribution in [0.1, 0.15) is 30.3 Å². The minimum atomic E-state index is -3.82. The Morgan fingerprint density at radius 2 is 1.90 bits per heavy atom. The van der Waals surface area contributed by atoms with Crippen LogP contribution in [0.15, 0.2) is 58.4 Å². The normalized spacial score (nSPS) is 14.8. The van der Waals surface area contributed by atoms with Crippen molar-refractivity contribution in [3.05, 3.63) is 63.9 Å². The second kappa shape index (κ2) is 8.25. The van der Waals surface area contributed by atoms with Crippen LogP contribution in [0.3, 0.4) is 0 Å². The Morgan fingerprint density at radius 1 is 1.20 bits per heavy atom. The quantitative estimate of drug-likeness (QED) is 0.633. The molecule has 0 spiro atoms. The van der Waals surface area contributed by atoms with Gasteiger partial charge < -0.3 is 0 Å². The number of rotatable bonds is 6. The van der Waals surface area contributed by atoms with E-state index >= 15 is 0 Å². The summed E-state index contributed by atoms with van der Waals surface area (Å²) in [6.45, 7) is 2.50. The molecule has 2 N–H and O–H groups in total. The maximum atomic E-state index is 12.1. The Labute approximate surface area is 179 Å². The van der Waals surface area contributed by atoms with E-state index in [1.807, 2.05) is 31.2 Å². The van der Waals surface area contributed by atoms with Crippen molar-refractivity contribution in [2.45, 2.75) is 37.6 Å². The number of carbonyl (C=O) groups is 1. The summed E-state index contributed by atoms with van der Waals surface area (Å²) in [5.74, 6) is 0.00815. The smallest absolute Gasteiger partial charge is 0.251 e. The standard InChI is InChI=1S/C21H22N4O3S2/c1-2-19-24-25(21(29-19)23-20(26)16-11-12-16)13-14-7-9-15(10-8-14)17-5-3-4-6-18(17)30(22,27)28/h3-10,16H,2,11-13H2,1H3,(H2,22,27,28). The van der Waals surface area contributed by atoms with Crippen LogP contribution in [0.25, 0.3) is 11.1 Å². The summed E-state index contributed by atoms with van der Waals surface area (Å²) in [7, 11) is -3.82. The van der Waals surface area contributed by atoms with Gasteiger partial charge in [0, 0.05) is 11.5 Å². The van der Waals surface area contributed by atoms with Gasteiger partial charge in [0.15, 0.2) is 0 Å². The monoisotopic (exact) mass is 442 g/mol. The van der Waals surface area contributed by atoms with Crippen molar-refractivity contribution in [1.82, 2.24) is 9.78 Å². The number of nitrogens with zero attached hydrogens (tertiary/aromatic N) is 3. The second-order valence-electron chi connectivity index (χ2n) is 7.25. The first-order valence-corrected chi connectivity index (χ1v) is 12.1. The molecule has 0 saturated heterocycles. The summed E-state index contributed by atoms with van der Waals surface area (Å²) in [5.41, 5.74) is 2.29. The molecule has 1 saturated carbocycles. The minimum Gasteiger partial charge on any atom is -0.272 e. The Kier molecular flexibility index (Phi) is 5.68. The fourth-order valence-electron chi connectivity index (χ4n) is 3.11. The predicted octanol–water partition coefficient (Wildman–Crippen LogP) is 2.71. The van der Waals surface area contributed by atoms with E-state index < -0.39 is 10.0 Å². The first-order valence-electron chi connectivity index (χ1n) is 9.71. The van der Waals surface area contributed by atoms with E-state index in [4.69, 9.17) is 5.14 Å². The number of primary sulfonamides is 1. The number of amides is 1. The van der Waals surface area contributed by atoms with Gasteiger partial charge in [-0.25, -0.2) is 18.2 Å². The number of hydrogen-bond donors (Lipinski definition) is 1. The van der Waals surface area contributed by atoms with Crippen LogP contribution in [0.2, 0.25) is 0 Å². The fraction of sp³-hybridized carbons (Fsp3) is 0.286. The highest BCUT2D eigenvalue weighted by atomic mass is 32.2. The van der Waals surface area contributed by atoms with Crippen molar-refractivity contribution in [1.29, 1.82) is 0 Å². The van der Waals surface area contributed by atoms with E-state index in [0.29, 0.717) is 16.9 Å². The summed E-state index contributed by atoms with van der Waals surface area (Å²) in [6.07, 6.45) is 2.62. The van der Waals surface area contributed by atoms with Crippen molar-refractivity contribution in [3.63, 3.8) is 0 Å². The van der Waals surface area contributed by atoms with E-state index in [1.54, 1.807) is 22.9 Å². The van der Waals surface area contributed by atoms with Gasteiger partial charge in [-0.2, -0.15) is 10.1 Å². The van der Waals surface area contributed by atoms with Gasteiger partial charge in [0.1, 0.15) is 5.01 Å². The zero-order valence-electron chi connectivity index (χ0n) is 16.5. The highest BCUT2D eigenvalue weighted by molar-refractivity contribution is 7.89. The zero-order valence-corrected chi connectivity index (χ0v) is 18.1. The molecule has 1 aliphatic rings. The third-order valence-electron chi connectivity index (χ3n) is 4.89. The van der Waals surface area contributed by atoms with Crippen molar-refractivity contribution in [2.24, 2.45) is 16.0 Å². The lowest BCUT2D eigenvalue weighted by Crippen LogP contribution is -2.19. The summed E-state index contributed by atoms with van der Waals surface area (Å²) < 4.78 is 25.5. The lowest BCUT2D eigenvalue weighted by atomic mass is 10.0. The topological polar surface area (TPSA) is 107 Å². The Bertz CT molecular complexity index is 1250.